The van der Waals surface area contributed by atoms with Gasteiger partial charge in [0.2, 0.25) is 23.7 Å². The third kappa shape index (κ3) is 4.74. The van der Waals surface area contributed by atoms with Crippen LogP contribution in [-0.4, -0.2) is 40.8 Å². The number of fused-ring (bicyclic) bond motifs is 1. The van der Waals surface area contributed by atoms with Crippen molar-refractivity contribution in [2.45, 2.75) is 44.9 Å². The fourth-order valence-electron chi connectivity index (χ4n) is 4.29. The van der Waals surface area contributed by atoms with Crippen molar-refractivity contribution in [3.05, 3.63) is 45.7 Å². The van der Waals surface area contributed by atoms with Gasteiger partial charge in [0.1, 0.15) is 5.82 Å². The van der Waals surface area contributed by atoms with Gasteiger partial charge in [-0.15, -0.1) is 0 Å². The minimum atomic E-state index is -0.954. The van der Waals surface area contributed by atoms with Gasteiger partial charge < -0.3 is 21.3 Å². The molecule has 4 rings (SSSR count). The maximum absolute atomic E-state index is 13.0. The summed E-state index contributed by atoms with van der Waals surface area (Å²) in [4.78, 5) is 58.7. The predicted molar refractivity (Wildman–Crippen MR) is 124 cm³/mol. The van der Waals surface area contributed by atoms with E-state index in [0.717, 1.165) is 5.56 Å². The fraction of sp³-hybridized carbons (Fsp3) is 0.435. The zero-order chi connectivity index (χ0) is 23.7. The van der Waals surface area contributed by atoms with E-state index in [0.29, 0.717) is 43.5 Å². The summed E-state index contributed by atoms with van der Waals surface area (Å²) in [5, 5.41) is 5.43. The molecule has 33 heavy (non-hydrogen) atoms. The van der Waals surface area contributed by atoms with E-state index in [2.05, 4.69) is 34.4 Å². The number of nitrogens with zero attached hydrogens (tertiary/aromatic N) is 2. The zero-order valence-corrected chi connectivity index (χ0v) is 18.7. The Balaban J connectivity index is 1.56. The monoisotopic (exact) mass is 452 g/mol. The smallest absolute Gasteiger partial charge is 0.258 e. The van der Waals surface area contributed by atoms with Crippen LogP contribution in [0.25, 0.3) is 0 Å². The average molecular weight is 453 g/mol. The van der Waals surface area contributed by atoms with Crippen molar-refractivity contribution in [2.24, 2.45) is 11.7 Å². The Morgan fingerprint density at radius 3 is 2.42 bits per heavy atom. The summed E-state index contributed by atoms with van der Waals surface area (Å²) < 4.78 is 0. The standard InChI is InChI=1S/C23H28N6O4/c1-12(2)13-3-5-15(6-4-13)25-21(32)16-11-17(30)26-20-18(16)22(33)28-23(27-20)29-9-7-14(8-10-29)19(24)31/h3-6,12,14,16H,7-11H2,1-2H3,(H2,24,31)(H,25,32)(H2,26,27,28,30,33)/t16-/m1/s1. The van der Waals surface area contributed by atoms with Crippen LogP contribution in [0.4, 0.5) is 17.5 Å². The molecule has 1 aromatic heterocycles. The normalized spacial score (nSPS) is 18.6. The van der Waals surface area contributed by atoms with Crippen LogP contribution in [0.2, 0.25) is 0 Å². The number of carbonyl (C=O) groups is 3. The molecule has 2 aromatic rings. The number of nitrogens with one attached hydrogen (secondary N) is 3. The fourth-order valence-corrected chi connectivity index (χ4v) is 4.29. The Kier molecular flexibility index (Phi) is 6.17. The molecule has 1 atom stereocenters. The molecule has 2 aliphatic rings. The largest absolute Gasteiger partial charge is 0.369 e. The number of carbonyl (C=O) groups excluding carboxylic acids is 3. The molecular formula is C23H28N6O4. The number of nitrogens with two attached hydrogens (primary N) is 1. The van der Waals surface area contributed by atoms with E-state index in [-0.39, 0.29) is 35.5 Å². The Bertz CT molecular complexity index is 1130. The van der Waals surface area contributed by atoms with Gasteiger partial charge in [-0.25, -0.2) is 0 Å². The van der Waals surface area contributed by atoms with Gasteiger partial charge in [-0.2, -0.15) is 4.98 Å². The molecule has 1 saturated heterocycles. The zero-order valence-electron chi connectivity index (χ0n) is 18.7. The third-order valence-corrected chi connectivity index (χ3v) is 6.30. The van der Waals surface area contributed by atoms with Crippen LogP contribution in [0.15, 0.2) is 29.1 Å². The lowest BCUT2D eigenvalue weighted by Crippen LogP contribution is -2.41. The number of aromatic nitrogens is 2. The summed E-state index contributed by atoms with van der Waals surface area (Å²) in [7, 11) is 0. The summed E-state index contributed by atoms with van der Waals surface area (Å²) in [6, 6.07) is 7.48. The second kappa shape index (κ2) is 9.05. The maximum atomic E-state index is 13.0. The molecule has 5 N–H and O–H groups in total. The number of rotatable bonds is 5. The van der Waals surface area contributed by atoms with Gasteiger partial charge in [-0.05, 0) is 36.5 Å². The molecule has 1 fully saturated rings. The molecular weight excluding hydrogens is 424 g/mol. The molecule has 0 radical (unpaired) electrons. The number of amides is 3. The molecule has 1 aromatic carbocycles. The van der Waals surface area contributed by atoms with Crippen LogP contribution in [-0.2, 0) is 14.4 Å². The van der Waals surface area contributed by atoms with Crippen molar-refractivity contribution in [1.29, 1.82) is 0 Å². The number of benzene rings is 1. The van der Waals surface area contributed by atoms with Crippen molar-refractivity contribution < 1.29 is 14.4 Å². The summed E-state index contributed by atoms with van der Waals surface area (Å²) in [6.45, 7) is 5.16. The number of primary amides is 1. The molecule has 174 valence electrons. The number of hydrogen-bond acceptors (Lipinski definition) is 6. The summed E-state index contributed by atoms with van der Waals surface area (Å²) in [5.41, 5.74) is 6.79. The summed E-state index contributed by atoms with van der Waals surface area (Å²) >= 11 is 0. The van der Waals surface area contributed by atoms with E-state index in [1.165, 1.54) is 0 Å². The van der Waals surface area contributed by atoms with Crippen LogP contribution in [0, 0.1) is 5.92 Å². The molecule has 0 aliphatic carbocycles. The van der Waals surface area contributed by atoms with E-state index in [4.69, 9.17) is 5.73 Å². The molecule has 0 spiro atoms. The lowest BCUT2D eigenvalue weighted by molar-refractivity contribution is -0.123. The number of hydrogen-bond donors (Lipinski definition) is 4. The van der Waals surface area contributed by atoms with Gasteiger partial charge in [0.15, 0.2) is 0 Å². The van der Waals surface area contributed by atoms with Crippen molar-refractivity contribution in [1.82, 2.24) is 9.97 Å². The Morgan fingerprint density at radius 1 is 1.15 bits per heavy atom. The lowest BCUT2D eigenvalue weighted by atomic mass is 9.92. The van der Waals surface area contributed by atoms with Crippen LogP contribution in [0.3, 0.4) is 0 Å². The molecule has 10 heteroatoms. The molecule has 3 amide bonds. The van der Waals surface area contributed by atoms with Crippen LogP contribution in [0.5, 0.6) is 0 Å². The third-order valence-electron chi connectivity index (χ3n) is 6.30. The lowest BCUT2D eigenvalue weighted by Gasteiger charge is -2.32. The highest BCUT2D eigenvalue weighted by Gasteiger charge is 2.35. The van der Waals surface area contributed by atoms with Crippen molar-refractivity contribution in [3.8, 4) is 0 Å². The van der Waals surface area contributed by atoms with Crippen molar-refractivity contribution >= 4 is 35.2 Å². The van der Waals surface area contributed by atoms with Crippen molar-refractivity contribution in [2.75, 3.05) is 28.6 Å². The number of aromatic amines is 1. The van der Waals surface area contributed by atoms with Crippen molar-refractivity contribution in [3.63, 3.8) is 0 Å². The highest BCUT2D eigenvalue weighted by molar-refractivity contribution is 6.04. The average Bonchev–Trinajstić information content (AvgIpc) is 2.78. The van der Waals surface area contributed by atoms with E-state index in [1.54, 1.807) is 12.1 Å². The molecule has 0 saturated carbocycles. The highest BCUT2D eigenvalue weighted by atomic mass is 16.2. The molecule has 10 nitrogen and oxygen atoms in total. The molecule has 0 bridgehead atoms. The second-order valence-electron chi connectivity index (χ2n) is 8.89. The Labute approximate surface area is 191 Å². The SMILES string of the molecule is CC(C)c1ccc(NC(=O)[C@@H]2CC(=O)Nc3nc(N4CCC(C(N)=O)CC4)[nH]c(=O)c32)cc1. The number of piperidine rings is 1. The van der Waals surface area contributed by atoms with E-state index >= 15 is 0 Å². The quantitative estimate of drug-likeness (QED) is 0.542. The minimum absolute atomic E-state index is 0.0948. The maximum Gasteiger partial charge on any atom is 0.258 e. The second-order valence-corrected chi connectivity index (χ2v) is 8.89. The number of H-pyrrole nitrogens is 1. The van der Waals surface area contributed by atoms with Gasteiger partial charge in [-0.1, -0.05) is 26.0 Å². The minimum Gasteiger partial charge on any atom is -0.369 e. The van der Waals surface area contributed by atoms with E-state index in [9.17, 15) is 19.2 Å². The summed E-state index contributed by atoms with van der Waals surface area (Å²) in [5.74, 6) is -1.55. The van der Waals surface area contributed by atoms with E-state index < -0.39 is 17.4 Å². The van der Waals surface area contributed by atoms with Gasteiger partial charge in [-0.3, -0.25) is 24.2 Å². The first-order valence-electron chi connectivity index (χ1n) is 11.1. The Morgan fingerprint density at radius 2 is 1.82 bits per heavy atom. The highest BCUT2D eigenvalue weighted by Crippen LogP contribution is 2.31. The van der Waals surface area contributed by atoms with Crippen LogP contribution in [0.1, 0.15) is 56.1 Å². The Hall–Kier alpha value is -3.69. The number of anilines is 3. The van der Waals surface area contributed by atoms with Crippen LogP contribution >= 0.6 is 0 Å². The van der Waals surface area contributed by atoms with Gasteiger partial charge >= 0.3 is 0 Å². The topological polar surface area (TPSA) is 150 Å². The molecule has 0 unspecified atom stereocenters. The first kappa shape index (κ1) is 22.5. The molecule has 2 aliphatic heterocycles. The van der Waals surface area contributed by atoms with Gasteiger partial charge in [0, 0.05) is 31.1 Å². The van der Waals surface area contributed by atoms with E-state index in [1.807, 2.05) is 17.0 Å². The van der Waals surface area contributed by atoms with Gasteiger partial charge in [0.05, 0.1) is 11.5 Å². The predicted octanol–water partition coefficient (Wildman–Crippen LogP) is 1.66. The van der Waals surface area contributed by atoms with Gasteiger partial charge in [0.25, 0.3) is 5.56 Å². The first-order chi connectivity index (χ1) is 15.7. The molecule has 3 heterocycles. The first-order valence-corrected chi connectivity index (χ1v) is 11.1. The summed E-state index contributed by atoms with van der Waals surface area (Å²) in [6.07, 6.45) is 0.975. The van der Waals surface area contributed by atoms with Crippen LogP contribution < -0.4 is 26.8 Å².